The van der Waals surface area contributed by atoms with Gasteiger partial charge in [-0.2, -0.15) is 0 Å². The lowest BCUT2D eigenvalue weighted by Gasteiger charge is -2.07. The summed E-state index contributed by atoms with van der Waals surface area (Å²) in [5, 5.41) is 12.6. The molecule has 0 fully saturated rings. The van der Waals surface area contributed by atoms with E-state index in [1.165, 1.54) is 11.8 Å². The van der Waals surface area contributed by atoms with Crippen molar-refractivity contribution in [2.75, 3.05) is 12.9 Å². The third kappa shape index (κ3) is 5.45. The van der Waals surface area contributed by atoms with Gasteiger partial charge in [0, 0.05) is 17.1 Å². The monoisotopic (exact) mass is 399 g/mol. The average molecular weight is 400 g/mol. The molecule has 0 aliphatic carbocycles. The Balaban J connectivity index is 1.52. The Kier molecular flexibility index (Phi) is 6.68. The number of carbonyl (C=O) groups is 1. The maximum Gasteiger partial charge on any atom is 0.230 e. The number of ether oxygens (including phenoxy) is 1. The summed E-state index contributed by atoms with van der Waals surface area (Å²) in [7, 11) is 1.63. The number of amides is 1. The minimum atomic E-state index is -0.0846. The van der Waals surface area contributed by atoms with Crippen molar-refractivity contribution in [2.45, 2.75) is 11.6 Å². The first-order chi connectivity index (χ1) is 13.2. The molecular formula is C20H18ClN3O2S. The van der Waals surface area contributed by atoms with E-state index in [1.807, 2.05) is 54.6 Å². The van der Waals surface area contributed by atoms with Crippen molar-refractivity contribution in [3.8, 4) is 17.0 Å². The van der Waals surface area contributed by atoms with Gasteiger partial charge >= 0.3 is 0 Å². The molecule has 1 heterocycles. The van der Waals surface area contributed by atoms with Crippen molar-refractivity contribution >= 4 is 29.3 Å². The minimum Gasteiger partial charge on any atom is -0.497 e. The molecule has 1 N–H and O–H groups in total. The number of thioether (sulfide) groups is 1. The van der Waals surface area contributed by atoms with Gasteiger partial charge in [-0.25, -0.2) is 0 Å². The Morgan fingerprint density at radius 1 is 1.11 bits per heavy atom. The lowest BCUT2D eigenvalue weighted by Crippen LogP contribution is -2.24. The first-order valence-corrected chi connectivity index (χ1v) is 9.63. The molecule has 0 bridgehead atoms. The minimum absolute atomic E-state index is 0.0846. The number of methoxy groups -OCH3 is 1. The zero-order valence-corrected chi connectivity index (χ0v) is 16.3. The molecule has 27 heavy (non-hydrogen) atoms. The van der Waals surface area contributed by atoms with Crippen LogP contribution in [-0.2, 0) is 11.3 Å². The molecule has 0 saturated heterocycles. The van der Waals surface area contributed by atoms with Crippen LogP contribution < -0.4 is 10.1 Å². The summed E-state index contributed by atoms with van der Waals surface area (Å²) in [6.45, 7) is 0.402. The third-order valence-electron chi connectivity index (χ3n) is 3.79. The third-order valence-corrected chi connectivity index (χ3v) is 5.08. The molecule has 3 rings (SSSR count). The molecule has 0 aliphatic rings. The summed E-state index contributed by atoms with van der Waals surface area (Å²) in [6.07, 6.45) is 0. The Bertz CT molecular complexity index is 919. The van der Waals surface area contributed by atoms with Crippen molar-refractivity contribution in [1.29, 1.82) is 0 Å². The van der Waals surface area contributed by atoms with Gasteiger partial charge in [0.1, 0.15) is 10.8 Å². The number of nitrogens with zero attached hydrogens (tertiary/aromatic N) is 2. The van der Waals surface area contributed by atoms with E-state index in [1.54, 1.807) is 13.2 Å². The van der Waals surface area contributed by atoms with Crippen LogP contribution in [0.25, 0.3) is 11.3 Å². The highest BCUT2D eigenvalue weighted by molar-refractivity contribution is 7.99. The summed E-state index contributed by atoms with van der Waals surface area (Å²) in [5.41, 5.74) is 2.57. The Hall–Kier alpha value is -2.57. The van der Waals surface area contributed by atoms with E-state index in [4.69, 9.17) is 16.3 Å². The van der Waals surface area contributed by atoms with E-state index in [0.29, 0.717) is 16.6 Å². The number of nitrogens with one attached hydrogen (secondary N) is 1. The van der Waals surface area contributed by atoms with E-state index in [2.05, 4.69) is 15.5 Å². The van der Waals surface area contributed by atoms with Gasteiger partial charge in [0.25, 0.3) is 0 Å². The van der Waals surface area contributed by atoms with Crippen molar-refractivity contribution in [3.05, 3.63) is 71.2 Å². The van der Waals surface area contributed by atoms with Crippen molar-refractivity contribution in [2.24, 2.45) is 0 Å². The molecule has 3 aromatic rings. The number of benzene rings is 2. The van der Waals surface area contributed by atoms with Crippen LogP contribution in [0.4, 0.5) is 0 Å². The van der Waals surface area contributed by atoms with E-state index in [9.17, 15) is 4.79 Å². The molecule has 1 aromatic heterocycles. The molecule has 0 saturated carbocycles. The van der Waals surface area contributed by atoms with Crippen LogP contribution in [0.1, 0.15) is 5.56 Å². The quantitative estimate of drug-likeness (QED) is 0.603. The van der Waals surface area contributed by atoms with Crippen molar-refractivity contribution in [1.82, 2.24) is 15.5 Å². The maximum atomic E-state index is 12.0. The van der Waals surface area contributed by atoms with Gasteiger partial charge < -0.3 is 10.1 Å². The first kappa shape index (κ1) is 19.2. The second-order valence-electron chi connectivity index (χ2n) is 5.65. The van der Waals surface area contributed by atoms with Gasteiger partial charge in [0.2, 0.25) is 5.91 Å². The number of carbonyl (C=O) groups excluding carboxylic acids is 1. The van der Waals surface area contributed by atoms with Crippen LogP contribution in [0.5, 0.6) is 5.75 Å². The van der Waals surface area contributed by atoms with E-state index >= 15 is 0 Å². The van der Waals surface area contributed by atoms with E-state index < -0.39 is 0 Å². The molecule has 2 aromatic carbocycles. The van der Waals surface area contributed by atoms with Crippen LogP contribution in [0.2, 0.25) is 5.02 Å². The second kappa shape index (κ2) is 9.39. The van der Waals surface area contributed by atoms with Gasteiger partial charge in [0.15, 0.2) is 0 Å². The highest BCUT2D eigenvalue weighted by atomic mass is 35.5. The topological polar surface area (TPSA) is 64.1 Å². The molecule has 5 nitrogen and oxygen atoms in total. The summed E-state index contributed by atoms with van der Waals surface area (Å²) in [6, 6.07) is 18.8. The highest BCUT2D eigenvalue weighted by Gasteiger charge is 2.07. The normalized spacial score (nSPS) is 10.4. The number of halogens is 1. The van der Waals surface area contributed by atoms with Gasteiger partial charge in [-0.1, -0.05) is 53.7 Å². The molecule has 0 radical (unpaired) electrons. The molecule has 1 amide bonds. The zero-order valence-electron chi connectivity index (χ0n) is 14.7. The van der Waals surface area contributed by atoms with Crippen molar-refractivity contribution in [3.63, 3.8) is 0 Å². The average Bonchev–Trinajstić information content (AvgIpc) is 2.72. The van der Waals surface area contributed by atoms with E-state index in [0.717, 1.165) is 22.6 Å². The fourth-order valence-corrected chi connectivity index (χ4v) is 3.21. The fraction of sp³-hybridized carbons (Fsp3) is 0.150. The Morgan fingerprint density at radius 2 is 1.96 bits per heavy atom. The van der Waals surface area contributed by atoms with Crippen LogP contribution in [0.3, 0.4) is 0 Å². The fourth-order valence-electron chi connectivity index (χ4n) is 2.36. The maximum absolute atomic E-state index is 12.0. The Morgan fingerprint density at radius 3 is 2.70 bits per heavy atom. The largest absolute Gasteiger partial charge is 0.497 e. The highest BCUT2D eigenvalue weighted by Crippen LogP contribution is 2.23. The number of rotatable bonds is 7. The van der Waals surface area contributed by atoms with E-state index in [-0.39, 0.29) is 11.7 Å². The summed E-state index contributed by atoms with van der Waals surface area (Å²) in [4.78, 5) is 12.0. The lowest BCUT2D eigenvalue weighted by atomic mass is 10.1. The molecule has 0 atom stereocenters. The van der Waals surface area contributed by atoms with Crippen LogP contribution in [0.15, 0.2) is 65.7 Å². The van der Waals surface area contributed by atoms with Gasteiger partial charge in [-0.15, -0.1) is 10.2 Å². The molecule has 138 valence electrons. The van der Waals surface area contributed by atoms with Gasteiger partial charge in [-0.05, 0) is 35.9 Å². The molecule has 0 aliphatic heterocycles. The van der Waals surface area contributed by atoms with Crippen LogP contribution in [-0.4, -0.2) is 29.0 Å². The summed E-state index contributed by atoms with van der Waals surface area (Å²) < 4.78 is 5.22. The zero-order chi connectivity index (χ0) is 19.1. The first-order valence-electron chi connectivity index (χ1n) is 8.27. The molecule has 0 unspecified atom stereocenters. The molecule has 0 spiro atoms. The summed E-state index contributed by atoms with van der Waals surface area (Å²) >= 11 is 7.42. The smallest absolute Gasteiger partial charge is 0.230 e. The molecular weight excluding hydrogens is 382 g/mol. The SMILES string of the molecule is COc1cccc(-c2ccc(SCC(=O)NCc3ccccc3Cl)nn2)c1. The predicted octanol–water partition coefficient (Wildman–Crippen LogP) is 4.21. The number of hydrogen-bond acceptors (Lipinski definition) is 5. The standard InChI is InChI=1S/C20H18ClN3O2S/c1-26-16-7-4-6-14(11-16)18-9-10-20(24-23-18)27-13-19(25)22-12-15-5-2-3-8-17(15)21/h2-11H,12-13H2,1H3,(H,22,25). The van der Waals surface area contributed by atoms with Gasteiger partial charge in [0.05, 0.1) is 18.6 Å². The van der Waals surface area contributed by atoms with Crippen LogP contribution in [0, 0.1) is 0 Å². The summed E-state index contributed by atoms with van der Waals surface area (Å²) in [5.74, 6) is 0.944. The Labute approximate surface area is 167 Å². The predicted molar refractivity (Wildman–Crippen MR) is 108 cm³/mol. The molecule has 7 heteroatoms. The second-order valence-corrected chi connectivity index (χ2v) is 7.05. The van der Waals surface area contributed by atoms with Crippen LogP contribution >= 0.6 is 23.4 Å². The number of hydrogen-bond donors (Lipinski definition) is 1. The number of aromatic nitrogens is 2. The van der Waals surface area contributed by atoms with Gasteiger partial charge in [-0.3, -0.25) is 4.79 Å². The lowest BCUT2D eigenvalue weighted by molar-refractivity contribution is -0.118. The van der Waals surface area contributed by atoms with Crippen molar-refractivity contribution < 1.29 is 9.53 Å².